The van der Waals surface area contributed by atoms with Crippen molar-refractivity contribution in [3.8, 4) is 0 Å². The van der Waals surface area contributed by atoms with Crippen LogP contribution < -0.4 is 0 Å². The largest absolute Gasteiger partial charge is 0.472 e. The monoisotopic (exact) mass is 1400 g/mol. The summed E-state index contributed by atoms with van der Waals surface area (Å²) >= 11 is 0. The van der Waals surface area contributed by atoms with E-state index in [1.54, 1.807) is 0 Å². The summed E-state index contributed by atoms with van der Waals surface area (Å²) in [5.74, 6) is -0.583. The summed E-state index contributed by atoms with van der Waals surface area (Å²) in [7, 11) is -9.90. The van der Waals surface area contributed by atoms with Gasteiger partial charge in [-0.15, -0.1) is 0 Å². The van der Waals surface area contributed by atoms with Crippen LogP contribution in [-0.2, 0) is 65.4 Å². The van der Waals surface area contributed by atoms with Crippen molar-refractivity contribution in [2.24, 2.45) is 11.8 Å². The van der Waals surface area contributed by atoms with Crippen LogP contribution in [0.5, 0.6) is 0 Å². The second-order valence-electron chi connectivity index (χ2n) is 28.1. The Hall–Kier alpha value is -1.94. The fourth-order valence-electron chi connectivity index (χ4n) is 11.6. The predicted octanol–water partition coefficient (Wildman–Crippen LogP) is 22.3. The van der Waals surface area contributed by atoms with Crippen LogP contribution in [0, 0.1) is 11.8 Å². The molecular formula is C76H148O17P2. The Morgan fingerprint density at radius 2 is 0.537 bits per heavy atom. The molecule has 0 radical (unpaired) electrons. The van der Waals surface area contributed by atoms with Crippen molar-refractivity contribution in [3.63, 3.8) is 0 Å². The van der Waals surface area contributed by atoms with Crippen LogP contribution in [-0.4, -0.2) is 96.7 Å². The van der Waals surface area contributed by atoms with E-state index < -0.39 is 97.5 Å². The molecule has 0 aromatic heterocycles. The first kappa shape index (κ1) is 93.1. The lowest BCUT2D eigenvalue weighted by Gasteiger charge is -2.21. The van der Waals surface area contributed by atoms with Gasteiger partial charge in [-0.25, -0.2) is 9.13 Å². The second kappa shape index (κ2) is 67.9. The number of rotatable bonds is 75. The zero-order valence-electron chi connectivity index (χ0n) is 62.0. The molecule has 0 bridgehead atoms. The smallest absolute Gasteiger partial charge is 0.462 e. The number of esters is 4. The molecule has 0 aromatic rings. The maximum atomic E-state index is 13.1. The molecule has 0 heterocycles. The van der Waals surface area contributed by atoms with E-state index in [4.69, 9.17) is 37.0 Å². The van der Waals surface area contributed by atoms with Crippen molar-refractivity contribution in [2.75, 3.05) is 39.6 Å². The van der Waals surface area contributed by atoms with Gasteiger partial charge in [-0.1, -0.05) is 343 Å². The van der Waals surface area contributed by atoms with E-state index in [-0.39, 0.29) is 25.7 Å². The molecule has 0 aromatic carbocycles. The van der Waals surface area contributed by atoms with E-state index in [9.17, 15) is 43.2 Å². The van der Waals surface area contributed by atoms with Crippen LogP contribution in [0.15, 0.2) is 0 Å². The van der Waals surface area contributed by atoms with Gasteiger partial charge in [0.05, 0.1) is 26.4 Å². The summed E-state index contributed by atoms with van der Waals surface area (Å²) in [4.78, 5) is 72.6. The number of carbonyl (C=O) groups is 4. The normalized spacial score (nSPS) is 14.3. The number of hydrogen-bond acceptors (Lipinski definition) is 15. The zero-order chi connectivity index (χ0) is 70.0. The third kappa shape index (κ3) is 69.0. The Balaban J connectivity index is 5.16. The van der Waals surface area contributed by atoms with Gasteiger partial charge >= 0.3 is 39.5 Å². The second-order valence-corrected chi connectivity index (χ2v) is 31.0. The zero-order valence-corrected chi connectivity index (χ0v) is 63.8. The maximum absolute atomic E-state index is 13.1. The minimum Gasteiger partial charge on any atom is -0.462 e. The average Bonchev–Trinajstić information content (AvgIpc) is 2.87. The first-order valence-electron chi connectivity index (χ1n) is 39.5. The number of ether oxygens (including phenoxy) is 4. The molecule has 3 N–H and O–H groups in total. The summed E-state index contributed by atoms with van der Waals surface area (Å²) < 4.78 is 68.4. The molecule has 6 atom stereocenters. The highest BCUT2D eigenvalue weighted by molar-refractivity contribution is 7.47. The highest BCUT2D eigenvalue weighted by atomic mass is 31.2. The van der Waals surface area contributed by atoms with Crippen LogP contribution >= 0.6 is 15.6 Å². The molecular weight excluding hydrogens is 1250 g/mol. The van der Waals surface area contributed by atoms with Gasteiger partial charge in [0.15, 0.2) is 12.2 Å². The number of phosphoric acid groups is 2. The van der Waals surface area contributed by atoms with E-state index in [0.717, 1.165) is 115 Å². The first-order chi connectivity index (χ1) is 45.9. The first-order valence-corrected chi connectivity index (χ1v) is 42.5. The standard InChI is InChI=1S/C76H148O17P2/c1-7-10-12-14-16-17-18-19-20-23-27-30-33-36-40-47-53-59-74(79)87-65-71(92-75(80)60-54-48-41-37-34-31-28-25-22-21-24-26-29-32-35-39-44-50-56-68(4)5)66-90-94(82,83)88-62-70(77)63-89-95(84,85)91-67-72(64-86-73(78)58-52-46-38-15-13-11-8-2)93-76(81)61-55-49-43-42-45-51-57-69(6)9-3/h68-72,77H,7-67H2,1-6H3,(H,82,83)(H,84,85)/t69?,70-,71-,72-/m1/s1. The topological polar surface area (TPSA) is 237 Å². The summed E-state index contributed by atoms with van der Waals surface area (Å²) in [6, 6.07) is 0. The Bertz CT molecular complexity index is 1840. The van der Waals surface area contributed by atoms with Crippen molar-refractivity contribution in [1.82, 2.24) is 0 Å². The van der Waals surface area contributed by atoms with Gasteiger partial charge in [-0.2, -0.15) is 0 Å². The van der Waals surface area contributed by atoms with Crippen LogP contribution in [0.2, 0.25) is 0 Å². The lowest BCUT2D eigenvalue weighted by Crippen LogP contribution is -2.30. The lowest BCUT2D eigenvalue weighted by molar-refractivity contribution is -0.161. The highest BCUT2D eigenvalue weighted by Gasteiger charge is 2.30. The Morgan fingerprint density at radius 3 is 0.800 bits per heavy atom. The molecule has 0 aliphatic heterocycles. The van der Waals surface area contributed by atoms with Crippen molar-refractivity contribution in [3.05, 3.63) is 0 Å². The molecule has 95 heavy (non-hydrogen) atoms. The molecule has 0 fully saturated rings. The van der Waals surface area contributed by atoms with Gasteiger partial charge in [0.1, 0.15) is 19.3 Å². The molecule has 0 aliphatic carbocycles. The average molecular weight is 1400 g/mol. The molecule has 19 heteroatoms. The van der Waals surface area contributed by atoms with Crippen LogP contribution in [0.25, 0.3) is 0 Å². The number of aliphatic hydroxyl groups excluding tert-OH is 1. The lowest BCUT2D eigenvalue weighted by atomic mass is 10.00. The SMILES string of the molecule is CCCCCCCCCCCCCCCCCCCC(=O)OC[C@H](COP(=O)(O)OC[C@@H](O)COP(=O)(O)OC[C@@H](COC(=O)CCCCCCCCC)OC(=O)CCCCCCCCC(C)CC)OC(=O)CCCCCCCCCCCCCCCCCCCCC(C)C. The van der Waals surface area contributed by atoms with E-state index in [2.05, 4.69) is 41.5 Å². The van der Waals surface area contributed by atoms with Gasteiger partial charge in [-0.05, 0) is 37.5 Å². The van der Waals surface area contributed by atoms with Crippen LogP contribution in [0.3, 0.4) is 0 Å². The Kier molecular flexibility index (Phi) is 66.5. The number of aliphatic hydroxyl groups is 1. The molecule has 564 valence electrons. The Morgan fingerprint density at radius 1 is 0.305 bits per heavy atom. The van der Waals surface area contributed by atoms with E-state index in [0.29, 0.717) is 25.7 Å². The Labute approximate surface area is 581 Å². The number of hydrogen-bond donors (Lipinski definition) is 3. The third-order valence-electron chi connectivity index (χ3n) is 18.1. The summed E-state index contributed by atoms with van der Waals surface area (Å²) in [6.45, 7) is 9.54. The summed E-state index contributed by atoms with van der Waals surface area (Å²) in [5, 5.41) is 10.6. The van der Waals surface area contributed by atoms with E-state index in [1.165, 1.54) is 199 Å². The van der Waals surface area contributed by atoms with Crippen molar-refractivity contribution in [1.29, 1.82) is 0 Å². The molecule has 0 saturated heterocycles. The molecule has 0 spiro atoms. The van der Waals surface area contributed by atoms with Crippen molar-refractivity contribution >= 4 is 39.5 Å². The third-order valence-corrected chi connectivity index (χ3v) is 20.0. The molecule has 0 amide bonds. The van der Waals surface area contributed by atoms with Crippen molar-refractivity contribution < 1.29 is 80.2 Å². The van der Waals surface area contributed by atoms with Crippen LogP contribution in [0.1, 0.15) is 395 Å². The number of phosphoric ester groups is 2. The quantitative estimate of drug-likeness (QED) is 0.0222. The maximum Gasteiger partial charge on any atom is 0.472 e. The molecule has 0 saturated carbocycles. The highest BCUT2D eigenvalue weighted by Crippen LogP contribution is 2.45. The molecule has 0 rings (SSSR count). The minimum absolute atomic E-state index is 0.103. The minimum atomic E-state index is -4.96. The van der Waals surface area contributed by atoms with Gasteiger partial charge < -0.3 is 33.8 Å². The summed E-state index contributed by atoms with van der Waals surface area (Å²) in [5.41, 5.74) is 0. The van der Waals surface area contributed by atoms with Gasteiger partial charge in [0.2, 0.25) is 0 Å². The fraction of sp³-hybridized carbons (Fsp3) is 0.947. The van der Waals surface area contributed by atoms with E-state index >= 15 is 0 Å². The van der Waals surface area contributed by atoms with Gasteiger partial charge in [0, 0.05) is 25.7 Å². The molecule has 0 aliphatic rings. The van der Waals surface area contributed by atoms with Gasteiger partial charge in [0.25, 0.3) is 0 Å². The predicted molar refractivity (Wildman–Crippen MR) is 386 cm³/mol. The van der Waals surface area contributed by atoms with Crippen molar-refractivity contribution in [2.45, 2.75) is 413 Å². The number of unbranched alkanes of at least 4 members (excludes halogenated alkanes) is 44. The molecule has 3 unspecified atom stereocenters. The van der Waals surface area contributed by atoms with Gasteiger partial charge in [-0.3, -0.25) is 37.3 Å². The number of carbonyl (C=O) groups excluding carboxylic acids is 4. The van der Waals surface area contributed by atoms with E-state index in [1.807, 2.05) is 0 Å². The van der Waals surface area contributed by atoms with Crippen LogP contribution in [0.4, 0.5) is 0 Å². The fourth-order valence-corrected chi connectivity index (χ4v) is 13.2. The molecule has 17 nitrogen and oxygen atoms in total. The summed E-state index contributed by atoms with van der Waals surface area (Å²) in [6.07, 6.45) is 55.8.